The van der Waals surface area contributed by atoms with Crippen LogP contribution in [0.15, 0.2) is 309 Å². The Morgan fingerprint density at radius 3 is 1.16 bits per heavy atom. The van der Waals surface area contributed by atoms with Gasteiger partial charge in [0.15, 0.2) is 0 Å². The standard InChI is InChI=1S/C77H60BN3/c1-76(2,3)59-51-69-74-73(52-59)81(75-66(55-29-12-4-13-30-55)45-28-46-67(75)56-31-14-5-15-32-56)72-54-65(80(62-41-24-10-25-42-62)63-43-26-11-27-44-63)48-50-71(72)78(74)70-49-47-64(79(60-37-20-8-21-38-60)61-39-22-9-23-40-61)53-68(70)77(69,57-33-16-6-17-34-57)58-35-18-7-19-36-58/h4-54H,1-3H3. The lowest BCUT2D eigenvalue weighted by Crippen LogP contribution is -2.65. The normalized spacial score (nSPS) is 12.9. The molecule has 0 aliphatic carbocycles. The first kappa shape index (κ1) is 49.4. The highest BCUT2D eigenvalue weighted by atomic mass is 15.2. The minimum atomic E-state index is -0.781. The molecule has 3 nitrogen and oxygen atoms in total. The number of nitrogens with zero attached hydrogens (tertiary/aromatic N) is 3. The van der Waals surface area contributed by atoms with Crippen LogP contribution < -0.4 is 31.1 Å². The van der Waals surface area contributed by atoms with Gasteiger partial charge < -0.3 is 14.7 Å². The Labute approximate surface area is 477 Å². The molecule has 0 unspecified atom stereocenters. The van der Waals surface area contributed by atoms with E-state index in [-0.39, 0.29) is 12.1 Å². The van der Waals surface area contributed by atoms with Gasteiger partial charge in [0.05, 0.1) is 11.1 Å². The molecule has 0 saturated heterocycles. The molecule has 0 radical (unpaired) electrons. The van der Waals surface area contributed by atoms with Crippen LogP contribution in [0.4, 0.5) is 51.2 Å². The lowest BCUT2D eigenvalue weighted by Gasteiger charge is -2.50. The van der Waals surface area contributed by atoms with Gasteiger partial charge in [0.1, 0.15) is 0 Å². The molecule has 2 aliphatic rings. The third-order valence-corrected chi connectivity index (χ3v) is 16.7. The molecule has 14 rings (SSSR count). The first-order valence-electron chi connectivity index (χ1n) is 28.3. The van der Waals surface area contributed by atoms with E-state index in [0.717, 1.165) is 67.8 Å². The second-order valence-electron chi connectivity index (χ2n) is 22.4. The predicted molar refractivity (Wildman–Crippen MR) is 343 cm³/mol. The number of rotatable bonds is 11. The van der Waals surface area contributed by atoms with Crippen LogP contribution in [0.25, 0.3) is 22.3 Å². The van der Waals surface area contributed by atoms with Gasteiger partial charge in [-0.1, -0.05) is 257 Å². The Bertz CT molecular complexity index is 4010. The molecule has 4 heteroatoms. The molecular formula is C77H60BN3. The van der Waals surface area contributed by atoms with Crippen molar-refractivity contribution < 1.29 is 0 Å². The van der Waals surface area contributed by atoms with Gasteiger partial charge in [-0.2, -0.15) is 0 Å². The van der Waals surface area contributed by atoms with E-state index in [1.54, 1.807) is 0 Å². The molecule has 0 amide bonds. The van der Waals surface area contributed by atoms with Crippen molar-refractivity contribution in [1.82, 2.24) is 0 Å². The average Bonchev–Trinajstić information content (AvgIpc) is 3.56. The van der Waals surface area contributed by atoms with Gasteiger partial charge in [-0.3, -0.25) is 0 Å². The highest BCUT2D eigenvalue weighted by Gasteiger charge is 2.52. The Kier molecular flexibility index (Phi) is 12.4. The fraction of sp³-hybridized carbons (Fsp3) is 0.0649. The number of benzene rings is 12. The molecule has 12 aromatic carbocycles. The highest BCUT2D eigenvalue weighted by Crippen LogP contribution is 2.54. The zero-order valence-electron chi connectivity index (χ0n) is 45.9. The molecule has 0 bridgehead atoms. The second kappa shape index (κ2) is 20.4. The molecular weight excluding hydrogens is 978 g/mol. The van der Waals surface area contributed by atoms with E-state index in [4.69, 9.17) is 0 Å². The molecule has 2 aliphatic heterocycles. The van der Waals surface area contributed by atoms with E-state index >= 15 is 0 Å². The highest BCUT2D eigenvalue weighted by molar-refractivity contribution is 6.99. The fourth-order valence-corrected chi connectivity index (χ4v) is 13.1. The van der Waals surface area contributed by atoms with E-state index in [2.05, 4.69) is 345 Å². The summed E-state index contributed by atoms with van der Waals surface area (Å²) in [5, 5.41) is 0. The fourth-order valence-electron chi connectivity index (χ4n) is 13.1. The molecule has 0 spiro atoms. The van der Waals surface area contributed by atoms with Gasteiger partial charge >= 0.3 is 0 Å². The van der Waals surface area contributed by atoms with Crippen molar-refractivity contribution >= 4 is 74.3 Å². The van der Waals surface area contributed by atoms with E-state index in [0.29, 0.717) is 0 Å². The summed E-state index contributed by atoms with van der Waals surface area (Å²) in [5.41, 5.74) is 23.7. The zero-order chi connectivity index (χ0) is 54.5. The largest absolute Gasteiger partial charge is 0.310 e. The SMILES string of the molecule is CC(C)(C)c1cc2c3c(c1)C(c1ccccc1)(c1ccccc1)c1cc(N(c4ccccc4)c4ccccc4)ccc1B3c1ccc(N(c3ccccc3)c3ccccc3)cc1N2c1c(-c2ccccc2)cccc1-c1ccccc1. The Morgan fingerprint density at radius 2 is 0.728 bits per heavy atom. The summed E-state index contributed by atoms with van der Waals surface area (Å²) in [5.74, 6) is 0. The summed E-state index contributed by atoms with van der Waals surface area (Å²) in [7, 11) is 0. The summed E-state index contributed by atoms with van der Waals surface area (Å²) >= 11 is 0. The van der Waals surface area contributed by atoms with Crippen LogP contribution in [-0.4, -0.2) is 6.71 Å². The monoisotopic (exact) mass is 1040 g/mol. The molecule has 0 fully saturated rings. The van der Waals surface area contributed by atoms with Crippen LogP contribution in [0.1, 0.15) is 48.6 Å². The maximum Gasteiger partial charge on any atom is 0.247 e. The zero-order valence-corrected chi connectivity index (χ0v) is 45.9. The Balaban J connectivity index is 1.16. The maximum absolute atomic E-state index is 2.68. The van der Waals surface area contributed by atoms with E-state index in [1.165, 1.54) is 49.9 Å². The number of hydrogen-bond acceptors (Lipinski definition) is 3. The summed E-state index contributed by atoms with van der Waals surface area (Å²) < 4.78 is 0. The maximum atomic E-state index is 2.68. The predicted octanol–water partition coefficient (Wildman–Crippen LogP) is 18.3. The van der Waals surface area contributed by atoms with Crippen LogP contribution in [0.3, 0.4) is 0 Å². The molecule has 0 saturated carbocycles. The molecule has 0 atom stereocenters. The van der Waals surface area contributed by atoms with Crippen LogP contribution in [0.2, 0.25) is 0 Å². The first-order valence-corrected chi connectivity index (χ1v) is 28.3. The van der Waals surface area contributed by atoms with Crippen molar-refractivity contribution in [3.63, 3.8) is 0 Å². The Hall–Kier alpha value is -9.90. The topological polar surface area (TPSA) is 9.72 Å². The van der Waals surface area contributed by atoms with E-state index < -0.39 is 5.41 Å². The van der Waals surface area contributed by atoms with Gasteiger partial charge in [-0.15, -0.1) is 0 Å². The molecule has 81 heavy (non-hydrogen) atoms. The summed E-state index contributed by atoms with van der Waals surface area (Å²) in [6.07, 6.45) is 0. The summed E-state index contributed by atoms with van der Waals surface area (Å²) in [6.45, 7) is 6.97. The number of hydrogen-bond donors (Lipinski definition) is 0. The minimum Gasteiger partial charge on any atom is -0.310 e. The van der Waals surface area contributed by atoms with Crippen LogP contribution in [-0.2, 0) is 10.8 Å². The molecule has 0 N–H and O–H groups in total. The van der Waals surface area contributed by atoms with Gasteiger partial charge in [-0.25, -0.2) is 0 Å². The van der Waals surface area contributed by atoms with Crippen LogP contribution >= 0.6 is 0 Å². The van der Waals surface area contributed by atoms with E-state index in [1.807, 2.05) is 0 Å². The molecule has 0 aromatic heterocycles. The number of para-hydroxylation sites is 5. The molecule has 2 heterocycles. The van der Waals surface area contributed by atoms with Crippen molar-refractivity contribution in [2.75, 3.05) is 14.7 Å². The average molecular weight is 1040 g/mol. The first-order chi connectivity index (χ1) is 39.9. The van der Waals surface area contributed by atoms with Crippen molar-refractivity contribution in [3.05, 3.63) is 337 Å². The van der Waals surface area contributed by atoms with Crippen molar-refractivity contribution in [2.24, 2.45) is 0 Å². The summed E-state index contributed by atoms with van der Waals surface area (Å²) in [6, 6.07) is 115. The van der Waals surface area contributed by atoms with Crippen molar-refractivity contribution in [2.45, 2.75) is 31.6 Å². The summed E-state index contributed by atoms with van der Waals surface area (Å²) in [4.78, 5) is 7.50. The smallest absolute Gasteiger partial charge is 0.247 e. The van der Waals surface area contributed by atoms with Crippen LogP contribution in [0, 0.1) is 0 Å². The number of anilines is 9. The minimum absolute atomic E-state index is 0.165. The van der Waals surface area contributed by atoms with Crippen molar-refractivity contribution in [3.8, 4) is 22.3 Å². The lowest BCUT2D eigenvalue weighted by atomic mass is 9.29. The van der Waals surface area contributed by atoms with Crippen LogP contribution in [0.5, 0.6) is 0 Å². The van der Waals surface area contributed by atoms with Crippen molar-refractivity contribution in [1.29, 1.82) is 0 Å². The second-order valence-corrected chi connectivity index (χ2v) is 22.4. The van der Waals surface area contributed by atoms with Gasteiger partial charge in [-0.05, 0) is 134 Å². The van der Waals surface area contributed by atoms with Gasteiger partial charge in [0, 0.05) is 56.6 Å². The third kappa shape index (κ3) is 8.46. The number of fused-ring (bicyclic) bond motifs is 4. The van der Waals surface area contributed by atoms with E-state index in [9.17, 15) is 0 Å². The molecule has 12 aromatic rings. The lowest BCUT2D eigenvalue weighted by molar-refractivity contribution is 0.587. The molecule has 386 valence electrons. The Morgan fingerprint density at radius 1 is 0.333 bits per heavy atom. The van der Waals surface area contributed by atoms with Gasteiger partial charge in [0.2, 0.25) is 6.71 Å². The van der Waals surface area contributed by atoms with Gasteiger partial charge in [0.25, 0.3) is 0 Å². The third-order valence-electron chi connectivity index (χ3n) is 16.7. The quantitative estimate of drug-likeness (QED) is 0.120.